The van der Waals surface area contributed by atoms with Gasteiger partial charge in [0.2, 0.25) is 0 Å². The molecule has 0 amide bonds. The molecule has 0 aliphatic heterocycles. The Hall–Kier alpha value is 0. The van der Waals surface area contributed by atoms with Gasteiger partial charge < -0.3 is 0 Å². The number of hydrogen-bond donors (Lipinski definition) is 0. The topological polar surface area (TPSA) is 0 Å². The molecule has 0 aromatic carbocycles. The van der Waals surface area contributed by atoms with Gasteiger partial charge in [-0.25, -0.2) is 0 Å². The first kappa shape index (κ1) is 4.30. The minimum Gasteiger partial charge on any atom is -0.0462 e. The Morgan fingerprint density at radius 2 is 1.91 bits per heavy atom. The molecule has 0 heterocycles. The highest BCUT2D eigenvalue weighted by Gasteiger charge is 3.09. The quantitative estimate of drug-likeness (QED) is 0.487. The summed E-state index contributed by atoms with van der Waals surface area (Å²) in [4.78, 5) is 0. The normalized spacial score (nSPS) is 100. The number of hydrogen-bond acceptors (Lipinski definition) is 0. The lowest BCUT2D eigenvalue weighted by atomic mass is 9.35. The van der Waals surface area contributed by atoms with Crippen LogP contribution in [0.5, 0.6) is 0 Å². The van der Waals surface area contributed by atoms with Gasteiger partial charge in [-0.2, -0.15) is 0 Å². The second-order valence-electron chi connectivity index (χ2n) is 6.23. The Kier molecular flexibility index (Phi) is 0.291. The lowest BCUT2D eigenvalue weighted by Crippen LogP contribution is -2.65. The van der Waals surface area contributed by atoms with Crippen LogP contribution in [-0.4, -0.2) is 0 Å². The highest BCUT2D eigenvalue weighted by Crippen LogP contribution is 3.13. The van der Waals surface area contributed by atoms with Crippen molar-refractivity contribution in [1.82, 2.24) is 0 Å². The van der Waals surface area contributed by atoms with E-state index >= 15 is 0 Å². The molecule has 56 valence electrons. The van der Waals surface area contributed by atoms with E-state index in [1.807, 2.05) is 0 Å². The molecule has 6 rings (SSSR count). The molecule has 0 saturated heterocycles. The minimum absolute atomic E-state index is 1.09. The first-order valence-electron chi connectivity index (χ1n) is 5.43. The van der Waals surface area contributed by atoms with Crippen molar-refractivity contribution in [2.45, 2.75) is 19.3 Å². The van der Waals surface area contributed by atoms with Crippen molar-refractivity contribution in [3.63, 3.8) is 0 Å². The van der Waals surface area contributed by atoms with E-state index in [0.717, 1.165) is 10.8 Å². The summed E-state index contributed by atoms with van der Waals surface area (Å²) in [5.41, 5.74) is 2.18. The predicted molar refractivity (Wildman–Crippen MR) is 39.7 cm³/mol. The average molecular weight is 144 g/mol. The SMILES string of the molecule is C1C2CC3C24C1C1C2CC2C134. The Labute approximate surface area is 66.4 Å². The molecule has 0 aromatic heterocycles. The van der Waals surface area contributed by atoms with E-state index in [1.54, 1.807) is 19.3 Å². The van der Waals surface area contributed by atoms with E-state index in [9.17, 15) is 0 Å². The monoisotopic (exact) mass is 144 g/mol. The van der Waals surface area contributed by atoms with Crippen molar-refractivity contribution in [1.29, 1.82) is 0 Å². The van der Waals surface area contributed by atoms with E-state index in [-0.39, 0.29) is 0 Å². The molecular weight excluding hydrogens is 132 g/mol. The lowest BCUT2D eigenvalue weighted by Gasteiger charge is -2.69. The van der Waals surface area contributed by atoms with Gasteiger partial charge in [-0.05, 0) is 65.6 Å². The Balaban J connectivity index is 1.76. The van der Waals surface area contributed by atoms with Crippen LogP contribution in [0.4, 0.5) is 0 Å². The molecule has 0 nitrogen and oxygen atoms in total. The van der Waals surface area contributed by atoms with Gasteiger partial charge in [0.05, 0.1) is 0 Å². The fourth-order valence-corrected chi connectivity index (χ4v) is 7.24. The van der Waals surface area contributed by atoms with Gasteiger partial charge in [0.1, 0.15) is 0 Å². The van der Waals surface area contributed by atoms with Gasteiger partial charge in [0, 0.05) is 0 Å². The zero-order valence-corrected chi connectivity index (χ0v) is 6.59. The smallest absolute Gasteiger partial charge is 0.0134 e. The van der Waals surface area contributed by atoms with Crippen LogP contribution < -0.4 is 0 Å². The maximum atomic E-state index is 1.68. The van der Waals surface area contributed by atoms with Gasteiger partial charge >= 0.3 is 0 Å². The van der Waals surface area contributed by atoms with Gasteiger partial charge in [-0.15, -0.1) is 0 Å². The molecule has 0 N–H and O–H groups in total. The van der Waals surface area contributed by atoms with E-state index in [1.165, 1.54) is 35.5 Å². The molecule has 6 aliphatic carbocycles. The van der Waals surface area contributed by atoms with Crippen LogP contribution in [0.1, 0.15) is 19.3 Å². The van der Waals surface area contributed by atoms with Crippen molar-refractivity contribution in [3.05, 3.63) is 0 Å². The number of fused-ring (bicyclic) bond motifs is 3. The summed E-state index contributed by atoms with van der Waals surface area (Å²) in [6, 6.07) is 0. The molecule has 8 atom stereocenters. The van der Waals surface area contributed by atoms with Crippen LogP contribution in [0, 0.1) is 46.3 Å². The van der Waals surface area contributed by atoms with Gasteiger partial charge in [-0.3, -0.25) is 0 Å². The summed E-state index contributed by atoms with van der Waals surface area (Å²) < 4.78 is 0. The van der Waals surface area contributed by atoms with Crippen LogP contribution in [0.15, 0.2) is 0 Å². The van der Waals surface area contributed by atoms with Crippen LogP contribution in [0.3, 0.4) is 0 Å². The molecule has 0 radical (unpaired) electrons. The molecule has 11 heavy (non-hydrogen) atoms. The molecule has 0 heteroatoms. The third-order valence-electron chi connectivity index (χ3n) is 7.07. The van der Waals surface area contributed by atoms with Gasteiger partial charge in [0.15, 0.2) is 0 Å². The fourth-order valence-electron chi connectivity index (χ4n) is 7.24. The van der Waals surface area contributed by atoms with Crippen molar-refractivity contribution < 1.29 is 0 Å². The second kappa shape index (κ2) is 0.744. The summed E-state index contributed by atoms with van der Waals surface area (Å²) in [7, 11) is 0. The third-order valence-corrected chi connectivity index (χ3v) is 7.07. The molecule has 8 unspecified atom stereocenters. The molecule has 6 aliphatic rings. The van der Waals surface area contributed by atoms with Crippen molar-refractivity contribution in [2.24, 2.45) is 46.3 Å². The second-order valence-corrected chi connectivity index (χ2v) is 6.23. The largest absolute Gasteiger partial charge is 0.0462 e. The molecule has 6 fully saturated rings. The molecule has 0 aromatic rings. The van der Waals surface area contributed by atoms with Crippen molar-refractivity contribution in [2.75, 3.05) is 0 Å². The van der Waals surface area contributed by atoms with E-state index in [4.69, 9.17) is 0 Å². The lowest BCUT2D eigenvalue weighted by molar-refractivity contribution is -0.221. The Morgan fingerprint density at radius 1 is 0.909 bits per heavy atom. The van der Waals surface area contributed by atoms with Gasteiger partial charge in [0.25, 0.3) is 0 Å². The van der Waals surface area contributed by atoms with E-state index in [2.05, 4.69) is 0 Å². The van der Waals surface area contributed by atoms with E-state index in [0.29, 0.717) is 0 Å². The maximum absolute atomic E-state index is 1.68. The van der Waals surface area contributed by atoms with Crippen LogP contribution >= 0.6 is 0 Å². The van der Waals surface area contributed by atoms with Crippen LogP contribution in [-0.2, 0) is 0 Å². The molecule has 6 saturated carbocycles. The van der Waals surface area contributed by atoms with Crippen molar-refractivity contribution >= 4 is 0 Å². The zero-order valence-electron chi connectivity index (χ0n) is 6.59. The first-order valence-corrected chi connectivity index (χ1v) is 5.43. The summed E-state index contributed by atoms with van der Waals surface area (Å²) in [5, 5.41) is 0. The summed E-state index contributed by atoms with van der Waals surface area (Å²) in [6.07, 6.45) is 5.02. The van der Waals surface area contributed by atoms with Crippen LogP contribution in [0.25, 0.3) is 0 Å². The van der Waals surface area contributed by atoms with Crippen LogP contribution in [0.2, 0.25) is 0 Å². The summed E-state index contributed by atoms with van der Waals surface area (Å²) in [5.74, 6) is 7.80. The third kappa shape index (κ3) is 0.151. The standard InChI is InChI=1S/C11H12/c1-4-2-8-10(4)7(1)9-5-3-6(5)11(8,9)10/h4-9H,1-3H2. The van der Waals surface area contributed by atoms with Crippen molar-refractivity contribution in [3.8, 4) is 0 Å². The first-order chi connectivity index (χ1) is 5.43. The molecular formula is C11H12. The van der Waals surface area contributed by atoms with E-state index < -0.39 is 0 Å². The number of rotatable bonds is 0. The highest BCUT2D eigenvalue weighted by molar-refractivity contribution is 5.55. The van der Waals surface area contributed by atoms with Gasteiger partial charge in [-0.1, -0.05) is 0 Å². The molecule has 2 spiro atoms. The zero-order chi connectivity index (χ0) is 6.59. The summed E-state index contributed by atoms with van der Waals surface area (Å²) >= 11 is 0. The minimum atomic E-state index is 1.09. The predicted octanol–water partition coefficient (Wildman–Crippen LogP) is 1.91. The summed E-state index contributed by atoms with van der Waals surface area (Å²) in [6.45, 7) is 0. The highest BCUT2D eigenvalue weighted by atomic mass is 15.1. The average Bonchev–Trinajstić information content (AvgIpc) is 2.67. The fraction of sp³-hybridized carbons (Fsp3) is 1.00. The Morgan fingerprint density at radius 3 is 2.73 bits per heavy atom. The maximum Gasteiger partial charge on any atom is -0.0134 e. The molecule has 0 bridgehead atoms. The Bertz CT molecular complexity index is 323.